The highest BCUT2D eigenvalue weighted by atomic mass is 32.2. The van der Waals surface area contributed by atoms with Gasteiger partial charge in [-0.1, -0.05) is 0 Å². The van der Waals surface area contributed by atoms with Crippen molar-refractivity contribution in [2.24, 2.45) is 5.73 Å². The predicted octanol–water partition coefficient (Wildman–Crippen LogP) is -1.93. The van der Waals surface area contributed by atoms with Crippen LogP contribution in [0.4, 0.5) is 0 Å². The molecule has 0 radical (unpaired) electrons. The maximum Gasteiger partial charge on any atom is 0.326 e. The fourth-order valence-electron chi connectivity index (χ4n) is 3.44. The molecule has 1 fully saturated rings. The maximum atomic E-state index is 13.2. The van der Waals surface area contributed by atoms with Gasteiger partial charge in [0.1, 0.15) is 24.2 Å². The molecular weight excluding hydrogens is 440 g/mol. The van der Waals surface area contributed by atoms with Crippen molar-refractivity contribution in [2.45, 2.75) is 49.9 Å². The van der Waals surface area contributed by atoms with Crippen LogP contribution >= 0.6 is 11.8 Å². The lowest BCUT2D eigenvalue weighted by molar-refractivity contribution is -0.149. The third-order valence-electron chi connectivity index (χ3n) is 5.19. The number of likely N-dealkylation sites (tertiary alicyclic amines) is 1. The summed E-state index contributed by atoms with van der Waals surface area (Å²) in [6, 6.07) is -4.15. The van der Waals surface area contributed by atoms with Gasteiger partial charge in [0.15, 0.2) is 0 Å². The summed E-state index contributed by atoms with van der Waals surface area (Å²) in [5.41, 5.74) is 6.12. The van der Waals surface area contributed by atoms with E-state index in [1.165, 1.54) is 29.2 Å². The molecule has 1 aliphatic rings. The predicted molar refractivity (Wildman–Crippen MR) is 117 cm³/mol. The minimum Gasteiger partial charge on any atom is -0.480 e. The van der Waals surface area contributed by atoms with Crippen molar-refractivity contribution in [3.8, 4) is 0 Å². The Hall–Kier alpha value is -2.64. The Morgan fingerprint density at radius 2 is 2.03 bits per heavy atom. The zero-order valence-electron chi connectivity index (χ0n) is 17.8. The summed E-state index contributed by atoms with van der Waals surface area (Å²) >= 11 is 1.48. The van der Waals surface area contributed by atoms with E-state index in [1.54, 1.807) is 0 Å². The minimum absolute atomic E-state index is 0.0762. The van der Waals surface area contributed by atoms with Crippen molar-refractivity contribution in [3.05, 3.63) is 18.2 Å². The Bertz CT molecular complexity index is 791. The van der Waals surface area contributed by atoms with Crippen molar-refractivity contribution < 1.29 is 29.4 Å². The van der Waals surface area contributed by atoms with Crippen molar-refractivity contribution in [3.63, 3.8) is 0 Å². The number of carbonyl (C=O) groups is 4. The molecule has 4 atom stereocenters. The molecule has 7 N–H and O–H groups in total. The number of aliphatic carboxylic acids is 1. The van der Waals surface area contributed by atoms with Crippen molar-refractivity contribution >= 4 is 35.5 Å². The SMILES string of the molecule is CSCCC(NC(=O)C(N)CO)C(=O)NC(Cc1cnc[nH]1)C(=O)N1CCCC1C(=O)O. The van der Waals surface area contributed by atoms with E-state index in [0.717, 1.165) is 0 Å². The Labute approximate surface area is 189 Å². The zero-order chi connectivity index (χ0) is 23.7. The average molecular weight is 471 g/mol. The summed E-state index contributed by atoms with van der Waals surface area (Å²) in [4.78, 5) is 57.9. The molecule has 1 aromatic heterocycles. The number of nitrogens with two attached hydrogens (primary N) is 1. The highest BCUT2D eigenvalue weighted by Gasteiger charge is 2.38. The third kappa shape index (κ3) is 6.93. The molecule has 1 aliphatic heterocycles. The van der Waals surface area contributed by atoms with Crippen LogP contribution in [0.5, 0.6) is 0 Å². The molecule has 1 saturated heterocycles. The van der Waals surface area contributed by atoms with Gasteiger partial charge in [-0.25, -0.2) is 9.78 Å². The number of rotatable bonds is 12. The van der Waals surface area contributed by atoms with E-state index in [1.807, 2.05) is 6.26 Å². The molecule has 3 amide bonds. The molecule has 0 saturated carbocycles. The van der Waals surface area contributed by atoms with E-state index in [9.17, 15) is 24.3 Å². The van der Waals surface area contributed by atoms with Crippen LogP contribution in [-0.2, 0) is 25.6 Å². The Kier molecular flexibility index (Phi) is 9.94. The molecule has 2 rings (SSSR count). The molecule has 4 unspecified atom stereocenters. The number of thioether (sulfide) groups is 1. The summed E-state index contributed by atoms with van der Waals surface area (Å²) in [6.07, 6.45) is 6.05. The molecule has 1 aromatic rings. The van der Waals surface area contributed by atoms with Gasteiger partial charge in [-0.05, 0) is 31.3 Å². The number of carbonyl (C=O) groups excluding carboxylic acids is 3. The summed E-state index contributed by atoms with van der Waals surface area (Å²) in [6.45, 7) is -0.293. The second kappa shape index (κ2) is 12.4. The number of aliphatic hydroxyl groups excluding tert-OH is 1. The van der Waals surface area contributed by atoms with Crippen LogP contribution < -0.4 is 16.4 Å². The summed E-state index contributed by atoms with van der Waals surface area (Å²) in [5, 5.41) is 23.7. The topological polar surface area (TPSA) is 191 Å². The van der Waals surface area contributed by atoms with E-state index < -0.39 is 54.5 Å². The molecule has 0 bridgehead atoms. The number of nitrogens with zero attached hydrogens (tertiary/aromatic N) is 2. The first-order valence-corrected chi connectivity index (χ1v) is 11.6. The van der Waals surface area contributed by atoms with E-state index in [4.69, 9.17) is 10.8 Å². The smallest absolute Gasteiger partial charge is 0.326 e. The first-order chi connectivity index (χ1) is 15.3. The van der Waals surface area contributed by atoms with Gasteiger partial charge >= 0.3 is 5.97 Å². The van der Waals surface area contributed by atoms with Gasteiger partial charge in [-0.15, -0.1) is 0 Å². The van der Waals surface area contributed by atoms with Crippen LogP contribution in [0.2, 0.25) is 0 Å². The van der Waals surface area contributed by atoms with E-state index >= 15 is 0 Å². The molecule has 32 heavy (non-hydrogen) atoms. The quantitative estimate of drug-likeness (QED) is 0.202. The highest BCUT2D eigenvalue weighted by molar-refractivity contribution is 7.98. The Morgan fingerprint density at radius 1 is 1.31 bits per heavy atom. The highest BCUT2D eigenvalue weighted by Crippen LogP contribution is 2.19. The number of amides is 3. The Balaban J connectivity index is 2.19. The molecule has 0 aliphatic carbocycles. The third-order valence-corrected chi connectivity index (χ3v) is 5.84. The van der Waals surface area contributed by atoms with Gasteiger partial charge in [0.05, 0.1) is 12.9 Å². The number of H-pyrrole nitrogens is 1. The van der Waals surface area contributed by atoms with Gasteiger partial charge in [0.25, 0.3) is 0 Å². The number of aromatic nitrogens is 2. The van der Waals surface area contributed by atoms with Gasteiger partial charge in [-0.3, -0.25) is 14.4 Å². The van der Waals surface area contributed by atoms with E-state index in [-0.39, 0.29) is 19.4 Å². The van der Waals surface area contributed by atoms with Crippen LogP contribution in [0.1, 0.15) is 25.0 Å². The molecule has 0 spiro atoms. The van der Waals surface area contributed by atoms with Crippen LogP contribution in [0.15, 0.2) is 12.5 Å². The maximum absolute atomic E-state index is 13.2. The van der Waals surface area contributed by atoms with Crippen LogP contribution in [0.25, 0.3) is 0 Å². The molecule has 13 heteroatoms. The normalized spacial score (nSPS) is 18.6. The van der Waals surface area contributed by atoms with Gasteiger partial charge < -0.3 is 36.5 Å². The minimum atomic E-state index is -1.18. The van der Waals surface area contributed by atoms with Crippen LogP contribution in [-0.4, -0.2) is 98.1 Å². The first-order valence-electron chi connectivity index (χ1n) is 10.2. The number of imidazole rings is 1. The summed E-state index contributed by atoms with van der Waals surface area (Å²) in [5.74, 6) is -2.33. The van der Waals surface area contributed by atoms with Gasteiger partial charge in [0, 0.05) is 24.9 Å². The van der Waals surface area contributed by atoms with Gasteiger partial charge in [0.2, 0.25) is 17.7 Å². The number of nitrogens with one attached hydrogen (secondary N) is 3. The molecular formula is C19H30N6O6S. The summed E-state index contributed by atoms with van der Waals surface area (Å²) < 4.78 is 0. The number of carboxylic acids is 1. The molecule has 0 aromatic carbocycles. The van der Waals surface area contributed by atoms with Crippen molar-refractivity contribution in [1.29, 1.82) is 0 Å². The number of carboxylic acid groups (broad SMARTS) is 1. The molecule has 12 nitrogen and oxygen atoms in total. The second-order valence-electron chi connectivity index (χ2n) is 7.50. The standard InChI is InChI=1S/C19H30N6O6S/c1-32-6-4-13(23-16(27)12(20)9-26)17(28)24-14(7-11-8-21-10-22-11)18(29)25-5-2-3-15(25)19(30)31/h8,10,12-15,26H,2-7,9,20H2,1H3,(H,21,22)(H,23,27)(H,24,28)(H,30,31). The van der Waals surface area contributed by atoms with Crippen molar-refractivity contribution in [2.75, 3.05) is 25.2 Å². The lowest BCUT2D eigenvalue weighted by Crippen LogP contribution is -2.58. The number of hydrogen-bond donors (Lipinski definition) is 6. The monoisotopic (exact) mass is 470 g/mol. The number of hydrogen-bond acceptors (Lipinski definition) is 8. The lowest BCUT2D eigenvalue weighted by Gasteiger charge is -2.28. The Morgan fingerprint density at radius 3 is 2.62 bits per heavy atom. The van der Waals surface area contributed by atoms with Crippen LogP contribution in [0, 0.1) is 0 Å². The van der Waals surface area contributed by atoms with Crippen molar-refractivity contribution in [1.82, 2.24) is 25.5 Å². The zero-order valence-corrected chi connectivity index (χ0v) is 18.6. The molecule has 178 valence electrons. The second-order valence-corrected chi connectivity index (χ2v) is 8.49. The number of aliphatic hydroxyl groups is 1. The fourth-order valence-corrected chi connectivity index (χ4v) is 3.91. The molecule has 2 heterocycles. The number of aromatic amines is 1. The average Bonchev–Trinajstić information content (AvgIpc) is 3.46. The lowest BCUT2D eigenvalue weighted by atomic mass is 10.1. The first kappa shape index (κ1) is 25.6. The summed E-state index contributed by atoms with van der Waals surface area (Å²) in [7, 11) is 0. The van der Waals surface area contributed by atoms with E-state index in [2.05, 4.69) is 20.6 Å². The van der Waals surface area contributed by atoms with Gasteiger partial charge in [-0.2, -0.15) is 11.8 Å². The fraction of sp³-hybridized carbons (Fsp3) is 0.632. The largest absolute Gasteiger partial charge is 0.480 e. The van der Waals surface area contributed by atoms with Crippen LogP contribution in [0.3, 0.4) is 0 Å². The van der Waals surface area contributed by atoms with E-state index in [0.29, 0.717) is 24.3 Å².